The Hall–Kier alpha value is -2.36. The third-order valence-electron chi connectivity index (χ3n) is 4.49. The largest absolute Gasteiger partial charge is 0.343 e. The molecule has 1 saturated carbocycles. The van der Waals surface area contributed by atoms with E-state index in [0.29, 0.717) is 0 Å². The van der Waals surface area contributed by atoms with E-state index in [1.165, 1.54) is 6.08 Å². The number of aromatic nitrogens is 2. The van der Waals surface area contributed by atoms with Crippen LogP contribution in [0.5, 0.6) is 0 Å². The van der Waals surface area contributed by atoms with E-state index >= 15 is 0 Å². The lowest BCUT2D eigenvalue weighted by atomic mass is 9.71. The molecule has 1 aromatic heterocycles. The van der Waals surface area contributed by atoms with Gasteiger partial charge in [-0.15, -0.1) is 0 Å². The number of hydrogen-bond donors (Lipinski definition) is 1. The fourth-order valence-corrected chi connectivity index (χ4v) is 3.14. The fourth-order valence-electron chi connectivity index (χ4n) is 3.14. The molecule has 0 bridgehead atoms. The Morgan fingerprint density at radius 3 is 2.50 bits per heavy atom. The number of hydrogen-bond acceptors (Lipinski definition) is 2. The molecule has 1 aliphatic carbocycles. The molecule has 4 nitrogen and oxygen atoms in total. The maximum atomic E-state index is 11.7. The van der Waals surface area contributed by atoms with E-state index in [2.05, 4.69) is 47.3 Å². The highest BCUT2D eigenvalue weighted by Gasteiger charge is 2.39. The molecule has 4 heteroatoms. The average molecular weight is 295 g/mol. The van der Waals surface area contributed by atoms with Gasteiger partial charge in [-0.2, -0.15) is 5.10 Å². The number of benzene rings is 1. The standard InChI is InChI=1S/C18H21N3O/c1-4-17(22)19-18(10-5-11-18)15-8-6-14(7-9-15)16-12-13(2)20-21(16)3/h4,6-9,12H,1,5,10-11H2,2-3H3,(H,19,22). The predicted molar refractivity (Wildman–Crippen MR) is 87.2 cm³/mol. The van der Waals surface area contributed by atoms with Crippen molar-refractivity contribution in [1.82, 2.24) is 15.1 Å². The molecule has 22 heavy (non-hydrogen) atoms. The number of carbonyl (C=O) groups is 1. The van der Waals surface area contributed by atoms with Crippen molar-refractivity contribution in [2.24, 2.45) is 7.05 Å². The Balaban J connectivity index is 1.89. The van der Waals surface area contributed by atoms with Gasteiger partial charge in [-0.25, -0.2) is 0 Å². The van der Waals surface area contributed by atoms with Crippen molar-refractivity contribution in [2.45, 2.75) is 31.7 Å². The summed E-state index contributed by atoms with van der Waals surface area (Å²) in [7, 11) is 1.95. The maximum absolute atomic E-state index is 11.7. The summed E-state index contributed by atoms with van der Waals surface area (Å²) in [5, 5.41) is 7.48. The first kappa shape index (κ1) is 14.6. The number of amides is 1. The molecule has 1 amide bonds. The predicted octanol–water partition coefficient (Wildman–Crippen LogP) is 3.08. The third-order valence-corrected chi connectivity index (χ3v) is 4.49. The lowest BCUT2D eigenvalue weighted by Crippen LogP contribution is -2.50. The highest BCUT2D eigenvalue weighted by atomic mass is 16.1. The molecular formula is C18H21N3O. The monoisotopic (exact) mass is 295 g/mol. The number of carbonyl (C=O) groups excluding carboxylic acids is 1. The van der Waals surface area contributed by atoms with Crippen LogP contribution < -0.4 is 5.32 Å². The molecule has 0 saturated heterocycles. The number of aryl methyl sites for hydroxylation is 2. The summed E-state index contributed by atoms with van der Waals surface area (Å²) in [5.41, 5.74) is 4.19. The van der Waals surface area contributed by atoms with Crippen LogP contribution in [0.3, 0.4) is 0 Å². The van der Waals surface area contributed by atoms with Gasteiger partial charge in [0.05, 0.1) is 16.9 Å². The molecule has 1 fully saturated rings. The maximum Gasteiger partial charge on any atom is 0.244 e. The van der Waals surface area contributed by atoms with Gasteiger partial charge in [-0.05, 0) is 49.5 Å². The number of rotatable bonds is 4. The summed E-state index contributed by atoms with van der Waals surface area (Å²) in [4.78, 5) is 11.7. The minimum absolute atomic E-state index is 0.106. The second kappa shape index (κ2) is 5.44. The Labute approximate surface area is 130 Å². The first-order valence-corrected chi connectivity index (χ1v) is 7.60. The zero-order valence-electron chi connectivity index (χ0n) is 13.1. The van der Waals surface area contributed by atoms with Crippen LogP contribution in [0.2, 0.25) is 0 Å². The van der Waals surface area contributed by atoms with E-state index in [0.717, 1.165) is 41.8 Å². The van der Waals surface area contributed by atoms with E-state index in [9.17, 15) is 4.79 Å². The lowest BCUT2D eigenvalue weighted by molar-refractivity contribution is -0.119. The molecule has 0 radical (unpaired) electrons. The number of nitrogens with one attached hydrogen (secondary N) is 1. The van der Waals surface area contributed by atoms with Crippen LogP contribution in [0, 0.1) is 6.92 Å². The highest BCUT2D eigenvalue weighted by molar-refractivity contribution is 5.87. The summed E-state index contributed by atoms with van der Waals surface area (Å²) in [6, 6.07) is 10.5. The molecule has 1 heterocycles. The Morgan fingerprint density at radius 1 is 1.36 bits per heavy atom. The van der Waals surface area contributed by atoms with Crippen LogP contribution in [0.15, 0.2) is 43.0 Å². The smallest absolute Gasteiger partial charge is 0.244 e. The summed E-state index contributed by atoms with van der Waals surface area (Å²) in [6.45, 7) is 5.53. The first-order valence-electron chi connectivity index (χ1n) is 7.60. The number of nitrogens with zero attached hydrogens (tertiary/aromatic N) is 2. The van der Waals surface area contributed by atoms with Crippen molar-refractivity contribution < 1.29 is 4.79 Å². The van der Waals surface area contributed by atoms with Gasteiger partial charge in [-0.3, -0.25) is 9.48 Å². The van der Waals surface area contributed by atoms with Gasteiger partial charge >= 0.3 is 0 Å². The SMILES string of the molecule is C=CC(=O)NC1(c2ccc(-c3cc(C)nn3C)cc2)CCC1. The van der Waals surface area contributed by atoms with Gasteiger partial charge in [0, 0.05) is 7.05 Å². The molecular weight excluding hydrogens is 274 g/mol. The van der Waals surface area contributed by atoms with Gasteiger partial charge in [0.25, 0.3) is 0 Å². The second-order valence-corrected chi connectivity index (χ2v) is 6.00. The third kappa shape index (κ3) is 2.45. The minimum atomic E-state index is -0.216. The molecule has 0 unspecified atom stereocenters. The first-order chi connectivity index (χ1) is 10.5. The van der Waals surface area contributed by atoms with E-state index in [1.807, 2.05) is 18.7 Å². The normalized spacial score (nSPS) is 15.9. The Bertz CT molecular complexity index is 708. The zero-order valence-corrected chi connectivity index (χ0v) is 13.1. The van der Waals surface area contributed by atoms with Crippen LogP contribution in [-0.4, -0.2) is 15.7 Å². The molecule has 114 valence electrons. The zero-order chi connectivity index (χ0) is 15.7. The molecule has 1 aliphatic rings. The molecule has 3 rings (SSSR count). The van der Waals surface area contributed by atoms with E-state index < -0.39 is 0 Å². The van der Waals surface area contributed by atoms with Crippen LogP contribution in [0.1, 0.15) is 30.5 Å². The van der Waals surface area contributed by atoms with Gasteiger partial charge in [0.15, 0.2) is 0 Å². The molecule has 0 atom stereocenters. The topological polar surface area (TPSA) is 46.9 Å². The van der Waals surface area contributed by atoms with E-state index in [1.54, 1.807) is 0 Å². The summed E-state index contributed by atoms with van der Waals surface area (Å²) < 4.78 is 1.89. The van der Waals surface area contributed by atoms with Crippen LogP contribution >= 0.6 is 0 Å². The second-order valence-electron chi connectivity index (χ2n) is 6.00. The van der Waals surface area contributed by atoms with Crippen molar-refractivity contribution >= 4 is 5.91 Å². The van der Waals surface area contributed by atoms with Crippen molar-refractivity contribution in [3.63, 3.8) is 0 Å². The summed E-state index contributed by atoms with van der Waals surface area (Å²) in [5.74, 6) is -0.106. The fraction of sp³-hybridized carbons (Fsp3) is 0.333. The van der Waals surface area contributed by atoms with Gasteiger partial charge in [-0.1, -0.05) is 30.8 Å². The summed E-state index contributed by atoms with van der Waals surface area (Å²) in [6.07, 6.45) is 4.44. The molecule has 1 aromatic carbocycles. The van der Waals surface area contributed by atoms with Crippen LogP contribution in [0.4, 0.5) is 0 Å². The van der Waals surface area contributed by atoms with Crippen LogP contribution in [0.25, 0.3) is 11.3 Å². The average Bonchev–Trinajstić information content (AvgIpc) is 2.81. The molecule has 0 spiro atoms. The van der Waals surface area contributed by atoms with Crippen molar-refractivity contribution in [3.8, 4) is 11.3 Å². The highest BCUT2D eigenvalue weighted by Crippen LogP contribution is 2.41. The quantitative estimate of drug-likeness (QED) is 0.881. The van der Waals surface area contributed by atoms with E-state index in [-0.39, 0.29) is 11.4 Å². The Kier molecular flexibility index (Phi) is 3.61. The van der Waals surface area contributed by atoms with E-state index in [4.69, 9.17) is 0 Å². The summed E-state index contributed by atoms with van der Waals surface area (Å²) >= 11 is 0. The molecule has 2 aromatic rings. The van der Waals surface area contributed by atoms with Gasteiger partial charge in [0.2, 0.25) is 5.91 Å². The van der Waals surface area contributed by atoms with Crippen molar-refractivity contribution in [3.05, 3.63) is 54.2 Å². The Morgan fingerprint density at radius 2 is 2.05 bits per heavy atom. The van der Waals surface area contributed by atoms with Crippen LogP contribution in [-0.2, 0) is 17.4 Å². The lowest BCUT2D eigenvalue weighted by Gasteiger charge is -2.43. The van der Waals surface area contributed by atoms with Gasteiger partial charge < -0.3 is 5.32 Å². The van der Waals surface area contributed by atoms with Crippen molar-refractivity contribution in [1.29, 1.82) is 0 Å². The molecule has 1 N–H and O–H groups in total. The minimum Gasteiger partial charge on any atom is -0.343 e. The van der Waals surface area contributed by atoms with Gasteiger partial charge in [0.1, 0.15) is 0 Å². The molecule has 0 aliphatic heterocycles. The van der Waals surface area contributed by atoms with Crippen molar-refractivity contribution in [2.75, 3.05) is 0 Å².